The number of amides is 6. The molecule has 0 spiro atoms. The summed E-state index contributed by atoms with van der Waals surface area (Å²) in [6, 6.07) is 9.87. The fourth-order valence-electron chi connectivity index (χ4n) is 13.5. The molecule has 2 aliphatic carbocycles. The van der Waals surface area contributed by atoms with Crippen LogP contribution in [0.2, 0.25) is 0 Å². The monoisotopic (exact) mass is 1490 g/mol. The third-order valence-electron chi connectivity index (χ3n) is 18.8. The number of rotatable bonds is 13. The molecule has 2 saturated carbocycles. The number of nitrogens with zero attached hydrogens (tertiary/aromatic N) is 10. The lowest BCUT2D eigenvalue weighted by atomic mass is 10.0. The van der Waals surface area contributed by atoms with Gasteiger partial charge >= 0.3 is 24.1 Å². The number of hydrogen-bond acceptors (Lipinski definition) is 21. The first-order valence-electron chi connectivity index (χ1n) is 34.8. The van der Waals surface area contributed by atoms with E-state index in [4.69, 9.17) is 44.1 Å². The molecule has 105 heavy (non-hydrogen) atoms. The van der Waals surface area contributed by atoms with Gasteiger partial charge in [0, 0.05) is 72.0 Å². The smallest absolute Gasteiger partial charge is 0.408 e. The molecule has 4 fully saturated rings. The first-order chi connectivity index (χ1) is 48.8. The second kappa shape index (κ2) is 34.6. The third-order valence-corrected chi connectivity index (χ3v) is 20.4. The molecule has 6 aromatic rings. The molecule has 30 heteroatoms. The minimum Gasteiger partial charge on any atom is -0.497 e. The van der Waals surface area contributed by atoms with Crippen LogP contribution in [0.5, 0.6) is 11.5 Å². The van der Waals surface area contributed by atoms with Crippen LogP contribution >= 0.6 is 22.7 Å². The Morgan fingerprint density at radius 3 is 1.36 bits per heavy atom. The highest BCUT2D eigenvalue weighted by Crippen LogP contribution is 2.48. The van der Waals surface area contributed by atoms with Crippen LogP contribution in [0.1, 0.15) is 173 Å². The summed E-state index contributed by atoms with van der Waals surface area (Å²) < 4.78 is 27.1. The summed E-state index contributed by atoms with van der Waals surface area (Å²) in [4.78, 5) is 124. The van der Waals surface area contributed by atoms with Crippen LogP contribution < -0.4 is 30.7 Å². The maximum Gasteiger partial charge on any atom is 0.408 e. The standard InChI is InChI=1S/C37H47N7O7S.C35H43N7O7S.3CH4/c1-6-50-34(47)37-21-24(37)12-10-8-7-9-11-13-27(39-35(48)51-36(2,3)4)33(46)43-22-25(20-28(43)31(45)40-37)44-41-29(23-14-16-26(49-5)17-15-23)30(42-44)32-38-18-19-52-32;1-34(2,3)49-33(47)37-25-11-9-7-5-6-8-10-22-19-35(22,32(45)46)38-29(43)26-18-23(20-41(26)31(25)44)42-39-27(21-12-14-24(48-4)15-13-21)28(40-42)30-36-16-17-50-30;;;/h10,12,14-19,24-25,27-28H,6-9,11,13,20-22H2,1-5H3,(H,39,48)(H,40,45);8,10,12-17,22-23,25-26H,5-7,9,11,18-20H2,1-4H3,(H,37,47)(H,38,43)(H,45,46);3*1H4/b12-10-;10-8-;;;/t24-,25?,27+,28+,37-;22-,23?,25+,26+,35-;;;/m11.../s1. The molecule has 4 aromatic heterocycles. The van der Waals surface area contributed by atoms with Gasteiger partial charge in [-0.2, -0.15) is 19.8 Å². The van der Waals surface area contributed by atoms with E-state index in [0.717, 1.165) is 49.7 Å². The molecule has 2 unspecified atom stereocenters. The van der Waals surface area contributed by atoms with Crippen LogP contribution in [-0.4, -0.2) is 183 Å². The number of benzene rings is 2. The van der Waals surface area contributed by atoms with Gasteiger partial charge in [-0.05, 0) is 148 Å². The highest BCUT2D eigenvalue weighted by molar-refractivity contribution is 7.13. The number of ether oxygens (including phenoxy) is 5. The Morgan fingerprint density at radius 1 is 0.581 bits per heavy atom. The zero-order valence-electron chi connectivity index (χ0n) is 58.9. The van der Waals surface area contributed by atoms with Crippen LogP contribution in [0.25, 0.3) is 43.9 Å². The second-order valence-corrected chi connectivity index (χ2v) is 30.2. The maximum atomic E-state index is 14.5. The second-order valence-electron chi connectivity index (χ2n) is 28.5. The number of nitrogens with one attached hydrogen (secondary N) is 4. The van der Waals surface area contributed by atoms with Crippen LogP contribution in [0.3, 0.4) is 0 Å². The van der Waals surface area contributed by atoms with Crippen molar-refractivity contribution in [2.24, 2.45) is 11.8 Å². The Hall–Kier alpha value is -9.58. The molecule has 28 nitrogen and oxygen atoms in total. The summed E-state index contributed by atoms with van der Waals surface area (Å²) in [6.45, 7) is 12.5. The summed E-state index contributed by atoms with van der Waals surface area (Å²) in [5.41, 5.74) is -0.356. The minimum absolute atomic E-state index is 0. The quantitative estimate of drug-likeness (QED) is 0.0407. The van der Waals surface area contributed by atoms with E-state index in [9.17, 15) is 43.5 Å². The van der Waals surface area contributed by atoms with Crippen molar-refractivity contribution in [2.45, 2.75) is 219 Å². The van der Waals surface area contributed by atoms with Gasteiger partial charge in [0.1, 0.15) is 90.7 Å². The normalized spacial score (nSPS) is 25.4. The molecule has 0 radical (unpaired) electrons. The van der Waals surface area contributed by atoms with E-state index in [0.29, 0.717) is 76.4 Å². The van der Waals surface area contributed by atoms with Crippen molar-refractivity contribution in [3.63, 3.8) is 0 Å². The fraction of sp³-hybridized carbons (Fsp3) is 0.547. The van der Waals surface area contributed by atoms with E-state index in [1.165, 1.54) is 37.3 Å². The predicted octanol–water partition coefficient (Wildman–Crippen LogP) is 11.6. The van der Waals surface area contributed by atoms with Crippen LogP contribution in [-0.2, 0) is 43.0 Å². The molecular weight excluding hydrogens is 1390 g/mol. The number of carboxylic acids is 1. The molecule has 5 N–H and O–H groups in total. The number of aromatic nitrogens is 8. The zero-order chi connectivity index (χ0) is 72.7. The summed E-state index contributed by atoms with van der Waals surface area (Å²) in [6.07, 6.45) is 17.7. The van der Waals surface area contributed by atoms with E-state index in [-0.39, 0.29) is 73.1 Å². The molecule has 4 aliphatic heterocycles. The van der Waals surface area contributed by atoms with Gasteiger partial charge in [0.05, 0.1) is 32.9 Å². The number of thiazole rings is 2. The number of hydrogen-bond donors (Lipinski definition) is 5. The zero-order valence-corrected chi connectivity index (χ0v) is 60.6. The van der Waals surface area contributed by atoms with Gasteiger partial charge < -0.3 is 59.9 Å². The largest absolute Gasteiger partial charge is 0.497 e. The lowest BCUT2D eigenvalue weighted by molar-refractivity contribution is -0.150. The lowest BCUT2D eigenvalue weighted by Crippen LogP contribution is -2.56. The molecule has 6 aliphatic rings. The third kappa shape index (κ3) is 19.1. The molecule has 0 bridgehead atoms. The van der Waals surface area contributed by atoms with Crippen molar-refractivity contribution in [1.29, 1.82) is 0 Å². The van der Waals surface area contributed by atoms with E-state index in [1.54, 1.807) is 79.9 Å². The van der Waals surface area contributed by atoms with Crippen molar-refractivity contribution in [3.05, 3.63) is 96.0 Å². The number of carbonyl (C=O) groups excluding carboxylic acids is 7. The van der Waals surface area contributed by atoms with Crippen molar-refractivity contribution < 1.29 is 67.1 Å². The van der Waals surface area contributed by atoms with Crippen LogP contribution in [0, 0.1) is 11.8 Å². The Bertz CT molecular complexity index is 4050. The minimum atomic E-state index is -1.45. The van der Waals surface area contributed by atoms with Gasteiger partial charge in [0.2, 0.25) is 23.6 Å². The van der Waals surface area contributed by atoms with Gasteiger partial charge in [-0.25, -0.2) is 29.1 Å². The van der Waals surface area contributed by atoms with Gasteiger partial charge in [0.25, 0.3) is 0 Å². The first kappa shape index (κ1) is 81.1. The number of methoxy groups -OCH3 is 2. The molecule has 6 amide bonds. The highest BCUT2D eigenvalue weighted by atomic mass is 32.1. The molecule has 568 valence electrons. The molecule has 12 rings (SSSR count). The summed E-state index contributed by atoms with van der Waals surface area (Å²) in [7, 11) is 3.19. The van der Waals surface area contributed by atoms with Crippen molar-refractivity contribution in [1.82, 2.24) is 71.0 Å². The number of carboxylic acid groups (broad SMARTS) is 1. The molecule has 10 atom stereocenters. The SMILES string of the molecule is C.C.C.CCOC(=O)[C@@]12C[C@H]1/C=C\CCCCC[C@H](NC(=O)OC(C)(C)C)C(=O)N1CC(n3nc(-c4ccc(OC)cc4)c(-c4nccs4)n3)C[C@H]1C(=O)N2.COc1ccc(-c2nn(C3C[C@H]4C(=O)N[C@]5(C(=O)O)C[C@H]5/C=C\CCCCC[C@H](NC(=O)OC(C)(C)C)C(=O)N4C3)nc2-c2nccs2)cc1. The average Bonchev–Trinajstić information content (AvgIpc) is 1.58. The number of alkyl carbamates (subject to hydrolysis) is 2. The average molecular weight is 1490 g/mol. The number of esters is 1. The van der Waals surface area contributed by atoms with E-state index in [2.05, 4.69) is 31.2 Å². The molecular formula is C75H102N14O14S2. The van der Waals surface area contributed by atoms with E-state index < -0.39 is 106 Å². The maximum absolute atomic E-state index is 14.5. The first-order valence-corrected chi connectivity index (χ1v) is 36.6. The summed E-state index contributed by atoms with van der Waals surface area (Å²) >= 11 is 2.84. The Balaban J connectivity index is 0.000000258. The fourth-order valence-corrected chi connectivity index (χ4v) is 14.7. The van der Waals surface area contributed by atoms with Crippen molar-refractivity contribution >= 4 is 70.4 Å². The van der Waals surface area contributed by atoms with E-state index >= 15 is 0 Å². The Labute approximate surface area is 621 Å². The predicted molar refractivity (Wildman–Crippen MR) is 398 cm³/mol. The topological polar surface area (TPSA) is 345 Å². The summed E-state index contributed by atoms with van der Waals surface area (Å²) in [5.74, 6) is -2.72. The number of aliphatic carboxylic acids is 1. The lowest BCUT2D eigenvalue weighted by Gasteiger charge is -2.30. The molecule has 2 aromatic carbocycles. The Kier molecular flexibility index (Phi) is 26.7. The number of carbonyl (C=O) groups is 8. The summed E-state index contributed by atoms with van der Waals surface area (Å²) in [5, 5.41) is 46.1. The van der Waals surface area contributed by atoms with Crippen LogP contribution in [0.4, 0.5) is 9.59 Å². The van der Waals surface area contributed by atoms with Gasteiger partial charge in [-0.1, -0.05) is 72.3 Å². The van der Waals surface area contributed by atoms with Crippen molar-refractivity contribution in [3.8, 4) is 55.4 Å². The van der Waals surface area contributed by atoms with Crippen LogP contribution in [0.15, 0.2) is 96.0 Å². The van der Waals surface area contributed by atoms with Gasteiger partial charge in [-0.3, -0.25) is 19.2 Å². The number of fused-ring (bicyclic) bond motifs is 4. The molecule has 2 saturated heterocycles. The van der Waals surface area contributed by atoms with E-state index in [1.807, 2.05) is 83.6 Å². The van der Waals surface area contributed by atoms with Gasteiger partial charge in [-0.15, -0.1) is 32.9 Å². The number of allylic oxidation sites excluding steroid dienone is 2. The Morgan fingerprint density at radius 2 is 0.981 bits per heavy atom. The molecule has 8 heterocycles. The van der Waals surface area contributed by atoms with Crippen molar-refractivity contribution in [2.75, 3.05) is 33.9 Å². The highest BCUT2D eigenvalue weighted by Gasteiger charge is 2.63. The van der Waals surface area contributed by atoms with Gasteiger partial charge in [0.15, 0.2) is 0 Å².